The van der Waals surface area contributed by atoms with Crippen LogP contribution in [0.3, 0.4) is 0 Å². The molecule has 0 bridgehead atoms. The predicted molar refractivity (Wildman–Crippen MR) is 44.1 cm³/mol. The van der Waals surface area contributed by atoms with Crippen LogP contribution >= 0.6 is 0 Å². The summed E-state index contributed by atoms with van der Waals surface area (Å²) in [7, 11) is 0. The molecule has 0 aliphatic carbocycles. The maximum absolute atomic E-state index is 10.4. The molecule has 0 radical (unpaired) electrons. The maximum Gasteiger partial charge on any atom is 0.207 e. The third-order valence-corrected chi connectivity index (χ3v) is 1.77. The summed E-state index contributed by atoms with van der Waals surface area (Å²) in [5, 5.41) is 4.52. The zero-order valence-corrected chi connectivity index (χ0v) is 6.57. The molecule has 0 atom stereocenters. The quantitative estimate of drug-likeness (QED) is 0.600. The van der Waals surface area contributed by atoms with Crippen molar-refractivity contribution >= 4 is 17.2 Å². The minimum Gasteiger partial charge on any atom is -0.352 e. The van der Waals surface area contributed by atoms with E-state index in [1.807, 2.05) is 25.1 Å². The Bertz CT molecular complexity index is 431. The molecule has 0 unspecified atom stereocenters. The molecule has 0 N–H and O–H groups in total. The van der Waals surface area contributed by atoms with Gasteiger partial charge in [-0.3, -0.25) is 4.79 Å². The molecule has 1 aromatic carbocycles. The second-order valence-corrected chi connectivity index (χ2v) is 2.69. The molecule has 3 heteroatoms. The molecule has 1 heterocycles. The van der Waals surface area contributed by atoms with Crippen molar-refractivity contribution in [2.75, 3.05) is 0 Å². The van der Waals surface area contributed by atoms with E-state index in [2.05, 4.69) is 5.16 Å². The second-order valence-electron chi connectivity index (χ2n) is 2.69. The number of aryl methyl sites for hydroxylation is 1. The van der Waals surface area contributed by atoms with Gasteiger partial charge in [0, 0.05) is 0 Å². The molecule has 60 valence electrons. The second kappa shape index (κ2) is 2.44. The number of benzene rings is 1. The number of hydrogen-bond donors (Lipinski definition) is 0. The highest BCUT2D eigenvalue weighted by Crippen LogP contribution is 2.17. The summed E-state index contributed by atoms with van der Waals surface area (Å²) in [6, 6.07) is 5.64. The van der Waals surface area contributed by atoms with Gasteiger partial charge in [-0.1, -0.05) is 11.2 Å². The Kier molecular flexibility index (Phi) is 1.43. The lowest BCUT2D eigenvalue weighted by molar-refractivity contribution is 0.109. The first-order valence-electron chi connectivity index (χ1n) is 3.62. The third-order valence-electron chi connectivity index (χ3n) is 1.77. The molecule has 0 fully saturated rings. The summed E-state index contributed by atoms with van der Waals surface area (Å²) in [6.45, 7) is 1.97. The fraction of sp³-hybridized carbons (Fsp3) is 0.111. The molecule has 0 amide bonds. The van der Waals surface area contributed by atoms with Crippen LogP contribution in [0.5, 0.6) is 0 Å². The molecule has 0 aliphatic rings. The van der Waals surface area contributed by atoms with Crippen molar-refractivity contribution in [1.29, 1.82) is 0 Å². The van der Waals surface area contributed by atoms with Crippen LogP contribution in [0.15, 0.2) is 22.7 Å². The van der Waals surface area contributed by atoms with Crippen LogP contribution in [0, 0.1) is 6.92 Å². The minimum absolute atomic E-state index is 0.296. The molecule has 12 heavy (non-hydrogen) atoms. The molecule has 1 aromatic heterocycles. The average Bonchev–Trinajstić information content (AvgIpc) is 2.46. The molecular weight excluding hydrogens is 154 g/mol. The van der Waals surface area contributed by atoms with Crippen LogP contribution in [0.1, 0.15) is 16.1 Å². The van der Waals surface area contributed by atoms with E-state index in [9.17, 15) is 4.79 Å². The smallest absolute Gasteiger partial charge is 0.207 e. The number of aldehydes is 1. The van der Waals surface area contributed by atoms with E-state index < -0.39 is 0 Å². The van der Waals surface area contributed by atoms with Crippen molar-refractivity contribution in [3.63, 3.8) is 0 Å². The Morgan fingerprint density at radius 3 is 3.08 bits per heavy atom. The fourth-order valence-corrected chi connectivity index (χ4v) is 1.16. The van der Waals surface area contributed by atoms with Crippen molar-refractivity contribution in [2.45, 2.75) is 6.92 Å². The first-order valence-corrected chi connectivity index (χ1v) is 3.62. The SMILES string of the molecule is Cc1ccc2c(C=O)onc2c1. The normalized spacial score (nSPS) is 10.4. The Morgan fingerprint density at radius 2 is 2.33 bits per heavy atom. The van der Waals surface area contributed by atoms with Gasteiger partial charge in [-0.15, -0.1) is 0 Å². The average molecular weight is 161 g/mol. The van der Waals surface area contributed by atoms with Gasteiger partial charge in [0.25, 0.3) is 0 Å². The summed E-state index contributed by atoms with van der Waals surface area (Å²) in [6.07, 6.45) is 0.671. The van der Waals surface area contributed by atoms with Crippen molar-refractivity contribution in [3.05, 3.63) is 29.5 Å². The van der Waals surface area contributed by atoms with E-state index in [4.69, 9.17) is 4.52 Å². The summed E-state index contributed by atoms with van der Waals surface area (Å²) in [4.78, 5) is 10.4. The van der Waals surface area contributed by atoms with Gasteiger partial charge in [0.05, 0.1) is 5.39 Å². The number of fused-ring (bicyclic) bond motifs is 1. The van der Waals surface area contributed by atoms with Gasteiger partial charge in [-0.25, -0.2) is 0 Å². The summed E-state index contributed by atoms with van der Waals surface area (Å²) < 4.78 is 4.80. The first-order chi connectivity index (χ1) is 5.81. The van der Waals surface area contributed by atoms with Gasteiger partial charge in [-0.2, -0.15) is 0 Å². The van der Waals surface area contributed by atoms with Gasteiger partial charge in [-0.05, 0) is 24.6 Å². The van der Waals surface area contributed by atoms with Gasteiger partial charge in [0.15, 0.2) is 6.29 Å². The maximum atomic E-state index is 10.4. The molecule has 2 rings (SSSR count). The van der Waals surface area contributed by atoms with Crippen molar-refractivity contribution in [3.8, 4) is 0 Å². The highest BCUT2D eigenvalue weighted by molar-refractivity contribution is 5.93. The summed E-state index contributed by atoms with van der Waals surface area (Å²) >= 11 is 0. The lowest BCUT2D eigenvalue weighted by Crippen LogP contribution is -1.75. The lowest BCUT2D eigenvalue weighted by atomic mass is 10.1. The van der Waals surface area contributed by atoms with Gasteiger partial charge in [0.1, 0.15) is 5.52 Å². The van der Waals surface area contributed by atoms with Gasteiger partial charge in [0.2, 0.25) is 5.76 Å². The van der Waals surface area contributed by atoms with Crippen LogP contribution in [-0.4, -0.2) is 11.4 Å². The number of hydrogen-bond acceptors (Lipinski definition) is 3. The van der Waals surface area contributed by atoms with E-state index in [1.165, 1.54) is 0 Å². The van der Waals surface area contributed by atoms with E-state index in [0.29, 0.717) is 12.0 Å². The van der Waals surface area contributed by atoms with Gasteiger partial charge >= 0.3 is 0 Å². The van der Waals surface area contributed by atoms with Crippen molar-refractivity contribution in [1.82, 2.24) is 5.16 Å². The fourth-order valence-electron chi connectivity index (χ4n) is 1.16. The Labute approximate surface area is 69.0 Å². The molecule has 2 aromatic rings. The van der Waals surface area contributed by atoms with Gasteiger partial charge < -0.3 is 4.52 Å². The summed E-state index contributed by atoms with van der Waals surface area (Å²) in [5.41, 5.74) is 1.84. The molecule has 0 aliphatic heterocycles. The number of carbonyl (C=O) groups excluding carboxylic acids is 1. The highest BCUT2D eigenvalue weighted by Gasteiger charge is 2.05. The molecular formula is C9H7NO2. The highest BCUT2D eigenvalue weighted by atomic mass is 16.5. The Morgan fingerprint density at radius 1 is 1.50 bits per heavy atom. The van der Waals surface area contributed by atoms with Crippen LogP contribution in [0.4, 0.5) is 0 Å². The van der Waals surface area contributed by atoms with E-state index in [1.54, 1.807) is 0 Å². The zero-order valence-electron chi connectivity index (χ0n) is 6.57. The van der Waals surface area contributed by atoms with Crippen LogP contribution < -0.4 is 0 Å². The van der Waals surface area contributed by atoms with E-state index in [0.717, 1.165) is 16.5 Å². The number of aromatic nitrogens is 1. The van der Waals surface area contributed by atoms with E-state index >= 15 is 0 Å². The topological polar surface area (TPSA) is 43.1 Å². The third kappa shape index (κ3) is 0.906. The van der Waals surface area contributed by atoms with Crippen molar-refractivity contribution < 1.29 is 9.32 Å². The Hall–Kier alpha value is -1.64. The molecule has 0 spiro atoms. The largest absolute Gasteiger partial charge is 0.352 e. The number of nitrogens with zero attached hydrogens (tertiary/aromatic N) is 1. The number of rotatable bonds is 1. The minimum atomic E-state index is 0.296. The standard InChI is InChI=1S/C9H7NO2/c1-6-2-3-7-8(4-6)10-12-9(7)5-11/h2-5H,1H3. The molecule has 0 saturated carbocycles. The van der Waals surface area contributed by atoms with Crippen LogP contribution in [0.2, 0.25) is 0 Å². The van der Waals surface area contributed by atoms with Crippen LogP contribution in [-0.2, 0) is 0 Å². The molecule has 0 saturated heterocycles. The Balaban J connectivity index is 2.81. The van der Waals surface area contributed by atoms with Crippen LogP contribution in [0.25, 0.3) is 10.9 Å². The first kappa shape index (κ1) is 7.03. The van der Waals surface area contributed by atoms with Crippen molar-refractivity contribution in [2.24, 2.45) is 0 Å². The lowest BCUT2D eigenvalue weighted by Gasteiger charge is -1.88. The predicted octanol–water partition coefficient (Wildman–Crippen LogP) is 1.95. The zero-order chi connectivity index (χ0) is 8.55. The van der Waals surface area contributed by atoms with E-state index in [-0.39, 0.29) is 0 Å². The molecule has 3 nitrogen and oxygen atoms in total. The monoisotopic (exact) mass is 161 g/mol. The summed E-state index contributed by atoms with van der Waals surface area (Å²) in [5.74, 6) is 0.296. The number of carbonyl (C=O) groups is 1.